The van der Waals surface area contributed by atoms with Crippen LogP contribution in [0.1, 0.15) is 62.3 Å². The number of ether oxygens (including phenoxy) is 1. The Balaban J connectivity index is 1.43. The Labute approximate surface area is 189 Å². The Kier molecular flexibility index (Phi) is 6.39. The van der Waals surface area contributed by atoms with Gasteiger partial charge >= 0.3 is 0 Å². The second kappa shape index (κ2) is 9.57. The van der Waals surface area contributed by atoms with Gasteiger partial charge in [-0.15, -0.1) is 0 Å². The first-order valence-electron chi connectivity index (χ1n) is 12.1. The predicted octanol–water partition coefficient (Wildman–Crippen LogP) is 3.56. The van der Waals surface area contributed by atoms with Gasteiger partial charge in [-0.05, 0) is 32.6 Å². The molecule has 2 aromatic rings. The van der Waals surface area contributed by atoms with Gasteiger partial charge in [0.15, 0.2) is 5.76 Å². The first-order chi connectivity index (χ1) is 15.7. The molecule has 32 heavy (non-hydrogen) atoms. The number of carbonyl (C=O) groups is 1. The molecule has 4 heterocycles. The van der Waals surface area contributed by atoms with Gasteiger partial charge < -0.3 is 19.1 Å². The van der Waals surface area contributed by atoms with E-state index in [-0.39, 0.29) is 11.8 Å². The molecule has 0 bridgehead atoms. The first-order valence-corrected chi connectivity index (χ1v) is 12.1. The second-order valence-corrected chi connectivity index (χ2v) is 9.36. The van der Waals surface area contributed by atoms with E-state index in [0.717, 1.165) is 74.8 Å². The zero-order valence-electron chi connectivity index (χ0n) is 19.0. The molecule has 0 N–H and O–H groups in total. The molecule has 0 spiro atoms. The normalized spacial score (nSPS) is 22.8. The average molecular weight is 440 g/mol. The lowest BCUT2D eigenvalue weighted by molar-refractivity contribution is -0.137. The minimum absolute atomic E-state index is 0.166. The van der Waals surface area contributed by atoms with E-state index in [1.165, 1.54) is 19.3 Å². The Morgan fingerprint density at radius 1 is 1.06 bits per heavy atom. The van der Waals surface area contributed by atoms with Crippen molar-refractivity contribution in [1.29, 1.82) is 0 Å². The number of likely N-dealkylation sites (tertiary alicyclic amines) is 1. The molecule has 2 saturated heterocycles. The highest BCUT2D eigenvalue weighted by Crippen LogP contribution is 2.35. The van der Waals surface area contributed by atoms with Crippen molar-refractivity contribution in [2.45, 2.75) is 57.8 Å². The van der Waals surface area contributed by atoms with Crippen molar-refractivity contribution >= 4 is 11.9 Å². The van der Waals surface area contributed by atoms with Gasteiger partial charge in [-0.1, -0.05) is 24.4 Å². The van der Waals surface area contributed by atoms with Crippen LogP contribution < -0.4 is 4.90 Å². The van der Waals surface area contributed by atoms with Crippen LogP contribution >= 0.6 is 0 Å². The van der Waals surface area contributed by atoms with Crippen LogP contribution in [0.2, 0.25) is 0 Å². The summed E-state index contributed by atoms with van der Waals surface area (Å²) < 4.78 is 11.1. The highest BCUT2D eigenvalue weighted by atomic mass is 16.5. The van der Waals surface area contributed by atoms with Crippen LogP contribution in [0.15, 0.2) is 16.8 Å². The molecule has 2 aromatic heterocycles. The third-order valence-electron chi connectivity index (χ3n) is 7.07. The van der Waals surface area contributed by atoms with Gasteiger partial charge in [-0.25, -0.2) is 9.97 Å². The van der Waals surface area contributed by atoms with E-state index in [4.69, 9.17) is 14.2 Å². The minimum Gasteiger partial charge on any atom is -0.378 e. The number of hydrogen-bond donors (Lipinski definition) is 0. The highest BCUT2D eigenvalue weighted by molar-refractivity contribution is 5.79. The number of anilines is 1. The summed E-state index contributed by atoms with van der Waals surface area (Å²) >= 11 is 0. The molecule has 0 aromatic carbocycles. The average Bonchev–Trinajstić information content (AvgIpc) is 3.30. The van der Waals surface area contributed by atoms with E-state index in [9.17, 15) is 4.79 Å². The van der Waals surface area contributed by atoms with Crippen LogP contribution in [0.25, 0.3) is 11.3 Å². The third-order valence-corrected chi connectivity index (χ3v) is 7.07. The summed E-state index contributed by atoms with van der Waals surface area (Å²) in [4.78, 5) is 27.2. The second-order valence-electron chi connectivity index (χ2n) is 9.36. The molecule has 5 rings (SSSR count). The van der Waals surface area contributed by atoms with Crippen molar-refractivity contribution in [2.24, 2.45) is 5.92 Å². The zero-order valence-corrected chi connectivity index (χ0v) is 19.0. The van der Waals surface area contributed by atoms with Gasteiger partial charge in [0.05, 0.1) is 30.2 Å². The number of carbonyl (C=O) groups excluding carboxylic acids is 1. The molecule has 3 aliphatic rings. The summed E-state index contributed by atoms with van der Waals surface area (Å²) in [7, 11) is 0. The zero-order chi connectivity index (χ0) is 21.9. The van der Waals surface area contributed by atoms with Crippen molar-refractivity contribution in [3.63, 3.8) is 0 Å². The topological polar surface area (TPSA) is 84.6 Å². The number of amides is 1. The lowest BCUT2D eigenvalue weighted by Crippen LogP contribution is -2.43. The fraction of sp³-hybridized carbons (Fsp3) is 0.667. The summed E-state index contributed by atoms with van der Waals surface area (Å²) in [5.74, 6) is 2.14. The molecule has 3 fully saturated rings. The van der Waals surface area contributed by atoms with Gasteiger partial charge in [0.1, 0.15) is 0 Å². The number of morpholine rings is 1. The van der Waals surface area contributed by atoms with Crippen LogP contribution in [0, 0.1) is 12.8 Å². The number of aromatic nitrogens is 3. The van der Waals surface area contributed by atoms with Crippen molar-refractivity contribution in [1.82, 2.24) is 20.0 Å². The molecule has 0 unspecified atom stereocenters. The van der Waals surface area contributed by atoms with E-state index in [2.05, 4.69) is 19.9 Å². The monoisotopic (exact) mass is 439 g/mol. The Bertz CT molecular complexity index is 933. The summed E-state index contributed by atoms with van der Waals surface area (Å²) in [6, 6.07) is 1.93. The molecule has 1 saturated carbocycles. The number of aryl methyl sites for hydroxylation is 1. The van der Waals surface area contributed by atoms with Crippen LogP contribution in [-0.2, 0) is 9.53 Å². The maximum absolute atomic E-state index is 13.2. The van der Waals surface area contributed by atoms with Crippen LogP contribution in [0.4, 0.5) is 5.95 Å². The smallest absolute Gasteiger partial charge is 0.225 e. The molecule has 172 valence electrons. The van der Waals surface area contributed by atoms with E-state index >= 15 is 0 Å². The molecule has 0 radical (unpaired) electrons. The summed E-state index contributed by atoms with van der Waals surface area (Å²) in [5, 5.41) is 4.07. The molecule has 2 aliphatic heterocycles. The van der Waals surface area contributed by atoms with Gasteiger partial charge in [-0.3, -0.25) is 4.79 Å². The SMILES string of the molecule is Cc1cc(-c2cnc(N3CCOCC3)nc2[C@@H]2CCCN(C(=O)C3CCCCC3)C2)on1. The lowest BCUT2D eigenvalue weighted by Gasteiger charge is -2.36. The van der Waals surface area contributed by atoms with E-state index in [1.54, 1.807) is 0 Å². The highest BCUT2D eigenvalue weighted by Gasteiger charge is 2.33. The van der Waals surface area contributed by atoms with E-state index in [1.807, 2.05) is 19.2 Å². The molecular weight excluding hydrogens is 406 g/mol. The summed E-state index contributed by atoms with van der Waals surface area (Å²) in [6.07, 6.45) is 9.57. The number of nitrogens with zero attached hydrogens (tertiary/aromatic N) is 5. The van der Waals surface area contributed by atoms with Gasteiger partial charge in [0.2, 0.25) is 11.9 Å². The standard InChI is InChI=1S/C24H33N5O3/c1-17-14-21(32-27-17)20-15-25-24(28-10-12-31-13-11-28)26-22(20)19-8-5-9-29(16-19)23(30)18-6-3-2-4-7-18/h14-15,18-19H,2-13,16H2,1H3/t19-/m1/s1. The van der Waals surface area contributed by atoms with Crippen molar-refractivity contribution in [3.05, 3.63) is 23.7 Å². The van der Waals surface area contributed by atoms with Crippen LogP contribution in [0.5, 0.6) is 0 Å². The maximum Gasteiger partial charge on any atom is 0.225 e. The van der Waals surface area contributed by atoms with Crippen LogP contribution in [0.3, 0.4) is 0 Å². The fourth-order valence-corrected chi connectivity index (χ4v) is 5.30. The largest absolute Gasteiger partial charge is 0.378 e. The van der Waals surface area contributed by atoms with Gasteiger partial charge in [0.25, 0.3) is 0 Å². The van der Waals surface area contributed by atoms with Gasteiger partial charge in [0, 0.05) is 50.3 Å². The van der Waals surface area contributed by atoms with Crippen molar-refractivity contribution in [3.8, 4) is 11.3 Å². The number of piperidine rings is 1. The number of hydrogen-bond acceptors (Lipinski definition) is 7. The Morgan fingerprint density at radius 3 is 2.62 bits per heavy atom. The lowest BCUT2D eigenvalue weighted by atomic mass is 9.86. The molecular formula is C24H33N5O3. The van der Waals surface area contributed by atoms with Gasteiger partial charge in [-0.2, -0.15) is 0 Å². The summed E-state index contributed by atoms with van der Waals surface area (Å²) in [6.45, 7) is 6.44. The molecule has 8 nitrogen and oxygen atoms in total. The first kappa shape index (κ1) is 21.4. The number of rotatable bonds is 4. The Hall–Kier alpha value is -2.48. The fourth-order valence-electron chi connectivity index (χ4n) is 5.30. The molecule has 1 atom stereocenters. The predicted molar refractivity (Wildman–Crippen MR) is 120 cm³/mol. The summed E-state index contributed by atoms with van der Waals surface area (Å²) in [5.41, 5.74) is 2.69. The Morgan fingerprint density at radius 2 is 1.88 bits per heavy atom. The molecule has 8 heteroatoms. The third kappa shape index (κ3) is 4.51. The van der Waals surface area contributed by atoms with E-state index in [0.29, 0.717) is 24.9 Å². The minimum atomic E-state index is 0.166. The van der Waals surface area contributed by atoms with Crippen LogP contribution in [-0.4, -0.2) is 65.3 Å². The quantitative estimate of drug-likeness (QED) is 0.720. The maximum atomic E-state index is 13.2. The van der Waals surface area contributed by atoms with Crippen molar-refractivity contribution in [2.75, 3.05) is 44.3 Å². The van der Waals surface area contributed by atoms with Crippen molar-refractivity contribution < 1.29 is 14.1 Å². The molecule has 1 amide bonds. The van der Waals surface area contributed by atoms with E-state index < -0.39 is 0 Å². The molecule has 1 aliphatic carbocycles.